The molecule has 4 aromatic rings. The van der Waals surface area contributed by atoms with Gasteiger partial charge < -0.3 is 28.9 Å². The zero-order valence-corrected chi connectivity index (χ0v) is 27.3. The highest BCUT2D eigenvalue weighted by molar-refractivity contribution is 5.90. The van der Waals surface area contributed by atoms with E-state index in [9.17, 15) is 14.4 Å². The van der Waals surface area contributed by atoms with Gasteiger partial charge in [-0.2, -0.15) is 0 Å². The number of fused-ring (bicyclic) bond motifs is 4. The molecule has 2 aromatic carbocycles. The molecular weight excluding hydrogens is 600 g/mol. The Balaban J connectivity index is 1.48. The van der Waals surface area contributed by atoms with E-state index in [1.54, 1.807) is 0 Å². The Kier molecular flexibility index (Phi) is 7.25. The first-order chi connectivity index (χ1) is 22.5. The molecule has 5 heterocycles. The molecule has 3 aliphatic heterocycles. The van der Waals surface area contributed by atoms with Crippen molar-refractivity contribution in [2.24, 2.45) is 17.3 Å². The number of para-hydroxylation sites is 1. The van der Waals surface area contributed by atoms with E-state index in [0.717, 1.165) is 22.4 Å². The van der Waals surface area contributed by atoms with Crippen molar-refractivity contribution >= 4 is 23.3 Å². The van der Waals surface area contributed by atoms with Gasteiger partial charge in [0.15, 0.2) is 23.4 Å². The van der Waals surface area contributed by atoms with E-state index in [1.807, 2.05) is 77.1 Å². The molecule has 7 rings (SSSR count). The minimum Gasteiger partial charge on any atom is -0.469 e. The fraction of sp³-hybridized carbons (Fsp3) is 0.417. The summed E-state index contributed by atoms with van der Waals surface area (Å²) in [6.07, 6.45) is 1.73. The summed E-state index contributed by atoms with van der Waals surface area (Å²) in [7, 11) is 1.27. The second-order valence-corrected chi connectivity index (χ2v) is 13.6. The van der Waals surface area contributed by atoms with Gasteiger partial charge in [-0.1, -0.05) is 65.0 Å². The monoisotopic (exact) mass is 638 g/mol. The molecule has 1 spiro atoms. The van der Waals surface area contributed by atoms with Gasteiger partial charge in [0.1, 0.15) is 29.3 Å². The van der Waals surface area contributed by atoms with E-state index < -0.39 is 35.0 Å². The van der Waals surface area contributed by atoms with Crippen LogP contribution in [-0.2, 0) is 26.2 Å². The topological polar surface area (TPSA) is 146 Å². The van der Waals surface area contributed by atoms with Crippen LogP contribution in [0.4, 0.5) is 5.69 Å². The van der Waals surface area contributed by atoms with Crippen LogP contribution in [0.25, 0.3) is 11.6 Å². The number of methoxy groups -OCH3 is 1. The first-order valence-corrected chi connectivity index (χ1v) is 16.0. The SMILES string of the molecule is CCC(C)(C)C(=O)CC1Cc2ccc3c(c2)C2(c4ccccc4N[C@H]2O3)c2oc(nc2-c2nc(C(=O)OC)co2)[C@H](C(C)C)NC1=O. The molecule has 4 bridgehead atoms. The maximum atomic E-state index is 14.1. The standard InChI is InChI=1S/C36H38N4O7/c1-7-35(4,5)26(41)16-20-14-19-12-13-25-22(15-19)36(21-10-8-9-11-23(21)38-34(36)46-25)29-28(31-37-24(17-45-31)33(43)44-6)40-32(47-29)27(18(2)3)39-30(20)42/h8-13,15,17-18,20,27,34,38H,7,14,16H2,1-6H3,(H,39,42)/t20?,27-,34-,36?/m0/s1. The first-order valence-electron chi connectivity index (χ1n) is 16.0. The van der Waals surface area contributed by atoms with Gasteiger partial charge >= 0.3 is 5.97 Å². The molecule has 1 amide bonds. The summed E-state index contributed by atoms with van der Waals surface area (Å²) >= 11 is 0. The Labute approximate surface area is 272 Å². The Morgan fingerprint density at radius 2 is 1.89 bits per heavy atom. The summed E-state index contributed by atoms with van der Waals surface area (Å²) in [5.74, 6) is -0.284. The molecule has 0 saturated carbocycles. The minimum atomic E-state index is -1.04. The molecule has 4 atom stereocenters. The second-order valence-electron chi connectivity index (χ2n) is 13.6. The number of oxazole rings is 2. The highest BCUT2D eigenvalue weighted by Gasteiger charge is 2.61. The normalized spacial score (nSPS) is 22.7. The number of Topliss-reactive ketones (excluding diaryl/α,β-unsaturated/α-hetero) is 1. The largest absolute Gasteiger partial charge is 0.469 e. The Hall–Kier alpha value is -4.93. The number of anilines is 1. The van der Waals surface area contributed by atoms with E-state index in [1.165, 1.54) is 13.4 Å². The summed E-state index contributed by atoms with van der Waals surface area (Å²) in [5.41, 5.74) is 2.13. The number of hydrogen-bond donors (Lipinski definition) is 2. The molecule has 2 aromatic heterocycles. The second kappa shape index (κ2) is 11.1. The summed E-state index contributed by atoms with van der Waals surface area (Å²) in [6, 6.07) is 13.2. The molecule has 11 heteroatoms. The average Bonchev–Trinajstić information content (AvgIpc) is 3.83. The maximum absolute atomic E-state index is 14.1. The van der Waals surface area contributed by atoms with Crippen LogP contribution in [0, 0.1) is 17.3 Å². The first kappa shape index (κ1) is 30.7. The van der Waals surface area contributed by atoms with Crippen molar-refractivity contribution in [2.45, 2.75) is 71.6 Å². The van der Waals surface area contributed by atoms with Gasteiger partial charge in [0.2, 0.25) is 17.7 Å². The molecule has 244 valence electrons. The Morgan fingerprint density at radius 1 is 1.11 bits per heavy atom. The molecule has 2 unspecified atom stereocenters. The van der Waals surface area contributed by atoms with E-state index >= 15 is 0 Å². The van der Waals surface area contributed by atoms with Gasteiger partial charge in [-0.05, 0) is 42.0 Å². The molecule has 11 nitrogen and oxygen atoms in total. The van der Waals surface area contributed by atoms with Gasteiger partial charge in [0, 0.05) is 29.0 Å². The number of rotatable bonds is 7. The number of ether oxygens (including phenoxy) is 2. The van der Waals surface area contributed by atoms with Crippen LogP contribution >= 0.6 is 0 Å². The number of hydrogen-bond acceptors (Lipinski definition) is 10. The molecule has 0 radical (unpaired) electrons. The average molecular weight is 639 g/mol. The van der Waals surface area contributed by atoms with Crippen LogP contribution in [0.3, 0.4) is 0 Å². The van der Waals surface area contributed by atoms with Crippen molar-refractivity contribution in [3.05, 3.63) is 82.8 Å². The molecular formula is C36H38N4O7. The molecule has 47 heavy (non-hydrogen) atoms. The Bertz CT molecular complexity index is 1910. The number of aromatic nitrogens is 2. The third-order valence-electron chi connectivity index (χ3n) is 10.0. The van der Waals surface area contributed by atoms with Crippen molar-refractivity contribution in [1.29, 1.82) is 0 Å². The number of ketones is 1. The highest BCUT2D eigenvalue weighted by Crippen LogP contribution is 2.59. The number of nitrogens with one attached hydrogen (secondary N) is 2. The number of carbonyl (C=O) groups is 3. The van der Waals surface area contributed by atoms with Crippen molar-refractivity contribution < 1.29 is 32.7 Å². The molecule has 0 aliphatic carbocycles. The number of nitrogens with zero attached hydrogens (tertiary/aromatic N) is 2. The summed E-state index contributed by atoms with van der Waals surface area (Å²) in [6.45, 7) is 9.76. The van der Waals surface area contributed by atoms with Crippen LogP contribution in [-0.4, -0.2) is 41.0 Å². The van der Waals surface area contributed by atoms with Gasteiger partial charge in [0.05, 0.1) is 7.11 Å². The minimum absolute atomic E-state index is 0.0171. The molecule has 0 saturated heterocycles. The number of amides is 1. The third-order valence-corrected chi connectivity index (χ3v) is 10.0. The smallest absolute Gasteiger partial charge is 0.360 e. The number of benzene rings is 2. The molecule has 3 aliphatic rings. The lowest BCUT2D eigenvalue weighted by Crippen LogP contribution is -2.41. The molecule has 2 N–H and O–H groups in total. The van der Waals surface area contributed by atoms with Crippen molar-refractivity contribution in [1.82, 2.24) is 15.3 Å². The van der Waals surface area contributed by atoms with E-state index in [4.69, 9.17) is 23.3 Å². The van der Waals surface area contributed by atoms with Gasteiger partial charge in [-0.25, -0.2) is 14.8 Å². The van der Waals surface area contributed by atoms with E-state index in [2.05, 4.69) is 15.6 Å². The Morgan fingerprint density at radius 3 is 2.64 bits per heavy atom. The zero-order valence-electron chi connectivity index (χ0n) is 27.3. The number of carbonyl (C=O) groups excluding carboxylic acids is 3. The summed E-state index contributed by atoms with van der Waals surface area (Å²) in [4.78, 5) is 49.4. The molecule has 0 fully saturated rings. The van der Waals surface area contributed by atoms with Crippen molar-refractivity contribution in [3.8, 4) is 17.3 Å². The predicted molar refractivity (Wildman–Crippen MR) is 171 cm³/mol. The lowest BCUT2D eigenvalue weighted by atomic mass is 9.72. The van der Waals surface area contributed by atoms with Gasteiger partial charge in [-0.3, -0.25) is 9.59 Å². The van der Waals surface area contributed by atoms with E-state index in [0.29, 0.717) is 24.4 Å². The van der Waals surface area contributed by atoms with Crippen LogP contribution in [0.5, 0.6) is 5.75 Å². The third kappa shape index (κ3) is 4.73. The zero-order chi connectivity index (χ0) is 33.2. The van der Waals surface area contributed by atoms with Crippen LogP contribution in [0.2, 0.25) is 0 Å². The van der Waals surface area contributed by atoms with Gasteiger partial charge in [-0.15, -0.1) is 0 Å². The van der Waals surface area contributed by atoms with Crippen LogP contribution < -0.4 is 15.4 Å². The van der Waals surface area contributed by atoms with Gasteiger partial charge in [0.25, 0.3) is 0 Å². The summed E-state index contributed by atoms with van der Waals surface area (Å²) in [5, 5.41) is 6.71. The maximum Gasteiger partial charge on any atom is 0.360 e. The van der Waals surface area contributed by atoms with E-state index in [-0.39, 0.29) is 47.2 Å². The number of esters is 1. The lowest BCUT2D eigenvalue weighted by Gasteiger charge is -2.29. The predicted octanol–water partition coefficient (Wildman–Crippen LogP) is 5.98. The fourth-order valence-electron chi connectivity index (χ4n) is 6.84. The lowest BCUT2D eigenvalue weighted by molar-refractivity contribution is -0.134. The fourth-order valence-corrected chi connectivity index (χ4v) is 6.84. The van der Waals surface area contributed by atoms with Crippen molar-refractivity contribution in [3.63, 3.8) is 0 Å². The van der Waals surface area contributed by atoms with Crippen LogP contribution in [0.1, 0.15) is 92.3 Å². The van der Waals surface area contributed by atoms with Crippen LogP contribution in [0.15, 0.2) is 57.6 Å². The quantitative estimate of drug-likeness (QED) is 0.232. The highest BCUT2D eigenvalue weighted by atomic mass is 16.5. The van der Waals surface area contributed by atoms with Crippen molar-refractivity contribution in [2.75, 3.05) is 12.4 Å². The summed E-state index contributed by atoms with van der Waals surface area (Å²) < 4.78 is 24.1.